The molecule has 0 bridgehead atoms. The zero-order chi connectivity index (χ0) is 17.0. The highest BCUT2D eigenvalue weighted by Gasteiger charge is 2.30. The Morgan fingerprint density at radius 3 is 2.87 bits per heavy atom. The second kappa shape index (κ2) is 7.02. The molecule has 23 heavy (non-hydrogen) atoms. The van der Waals surface area contributed by atoms with E-state index in [-0.39, 0.29) is 12.0 Å². The van der Waals surface area contributed by atoms with Crippen LogP contribution in [0, 0.1) is 5.92 Å². The van der Waals surface area contributed by atoms with Crippen LogP contribution in [-0.4, -0.2) is 42.5 Å². The van der Waals surface area contributed by atoms with E-state index in [1.54, 1.807) is 18.5 Å². The van der Waals surface area contributed by atoms with Gasteiger partial charge in [-0.15, -0.1) is 0 Å². The number of piperidine rings is 1. The highest BCUT2D eigenvalue weighted by Crippen LogP contribution is 2.27. The van der Waals surface area contributed by atoms with Gasteiger partial charge in [-0.3, -0.25) is 9.37 Å². The van der Waals surface area contributed by atoms with E-state index in [0.29, 0.717) is 25.2 Å². The van der Waals surface area contributed by atoms with Gasteiger partial charge < -0.3 is 20.7 Å². The second-order valence-electron chi connectivity index (χ2n) is 6.94. The lowest BCUT2D eigenvalue weighted by atomic mass is 9.95. The second-order valence-corrected chi connectivity index (χ2v) is 6.94. The molecule has 2 heterocycles. The van der Waals surface area contributed by atoms with Crippen LogP contribution in [0.4, 0.5) is 20.6 Å². The predicted molar refractivity (Wildman–Crippen MR) is 88.1 cm³/mol. The first-order valence-corrected chi connectivity index (χ1v) is 7.78. The number of hydrogen-bond donors (Lipinski definition) is 2. The number of alkyl halides is 1. The molecule has 1 fully saturated rings. The van der Waals surface area contributed by atoms with Gasteiger partial charge in [-0.05, 0) is 33.3 Å². The number of hydrogen-bond acceptors (Lipinski definition) is 5. The minimum absolute atomic E-state index is 0.156. The Morgan fingerprint density at radius 1 is 1.52 bits per heavy atom. The van der Waals surface area contributed by atoms with Crippen molar-refractivity contribution in [2.45, 2.75) is 38.8 Å². The SMILES string of the molecule is CC(C)(C)OC(=O)N[C@H]1C[C@@H](CF)CN(c2ccncc2N)C1. The van der Waals surface area contributed by atoms with Crippen molar-refractivity contribution >= 4 is 17.5 Å². The average molecular weight is 324 g/mol. The maximum absolute atomic E-state index is 13.2. The summed E-state index contributed by atoms with van der Waals surface area (Å²) in [7, 11) is 0. The van der Waals surface area contributed by atoms with Crippen molar-refractivity contribution in [2.75, 3.05) is 30.4 Å². The topological polar surface area (TPSA) is 80.5 Å². The fourth-order valence-electron chi connectivity index (χ4n) is 2.78. The zero-order valence-electron chi connectivity index (χ0n) is 13.9. The third-order valence-electron chi connectivity index (χ3n) is 3.64. The molecule has 7 heteroatoms. The number of nitrogens with two attached hydrogens (primary N) is 1. The Balaban J connectivity index is 2.06. The van der Waals surface area contributed by atoms with Crippen molar-refractivity contribution in [1.82, 2.24) is 10.3 Å². The van der Waals surface area contributed by atoms with E-state index < -0.39 is 18.4 Å². The number of carbonyl (C=O) groups excluding carboxylic acids is 1. The first-order chi connectivity index (χ1) is 10.8. The van der Waals surface area contributed by atoms with Crippen LogP contribution >= 0.6 is 0 Å². The summed E-state index contributed by atoms with van der Waals surface area (Å²) in [5.41, 5.74) is 6.75. The van der Waals surface area contributed by atoms with Crippen molar-refractivity contribution in [2.24, 2.45) is 5.92 Å². The molecular weight excluding hydrogens is 299 g/mol. The number of nitrogen functional groups attached to an aromatic ring is 1. The summed E-state index contributed by atoms with van der Waals surface area (Å²) in [6.45, 7) is 6.11. The highest BCUT2D eigenvalue weighted by atomic mass is 19.1. The van der Waals surface area contributed by atoms with Crippen LogP contribution in [0.5, 0.6) is 0 Å². The van der Waals surface area contributed by atoms with E-state index in [1.807, 2.05) is 25.7 Å². The van der Waals surface area contributed by atoms with Gasteiger partial charge in [0.25, 0.3) is 0 Å². The monoisotopic (exact) mass is 324 g/mol. The Kier molecular flexibility index (Phi) is 5.28. The van der Waals surface area contributed by atoms with Gasteiger partial charge >= 0.3 is 6.09 Å². The summed E-state index contributed by atoms with van der Waals surface area (Å²) in [6, 6.07) is 1.62. The van der Waals surface area contributed by atoms with E-state index in [4.69, 9.17) is 10.5 Å². The number of pyridine rings is 1. The highest BCUT2D eigenvalue weighted by molar-refractivity contribution is 5.69. The molecule has 3 N–H and O–H groups in total. The summed E-state index contributed by atoms with van der Waals surface area (Å²) in [6.07, 6.45) is 3.33. The quantitative estimate of drug-likeness (QED) is 0.892. The number of aromatic nitrogens is 1. The molecule has 2 rings (SSSR count). The van der Waals surface area contributed by atoms with Crippen LogP contribution in [0.2, 0.25) is 0 Å². The lowest BCUT2D eigenvalue weighted by molar-refractivity contribution is 0.0492. The molecule has 0 saturated carbocycles. The summed E-state index contributed by atoms with van der Waals surface area (Å²) >= 11 is 0. The summed E-state index contributed by atoms with van der Waals surface area (Å²) < 4.78 is 18.5. The lowest BCUT2D eigenvalue weighted by Gasteiger charge is -2.39. The number of ether oxygens (including phenoxy) is 1. The Bertz CT molecular complexity index is 547. The molecule has 0 aliphatic carbocycles. The molecule has 1 amide bonds. The Labute approximate surface area is 136 Å². The van der Waals surface area contributed by atoms with Crippen molar-refractivity contribution < 1.29 is 13.9 Å². The number of amides is 1. The van der Waals surface area contributed by atoms with E-state index >= 15 is 0 Å². The maximum Gasteiger partial charge on any atom is 0.407 e. The third-order valence-corrected chi connectivity index (χ3v) is 3.64. The molecule has 1 aliphatic heterocycles. The first-order valence-electron chi connectivity index (χ1n) is 7.78. The van der Waals surface area contributed by atoms with Gasteiger partial charge in [-0.25, -0.2) is 4.79 Å². The van der Waals surface area contributed by atoms with Crippen molar-refractivity contribution in [3.05, 3.63) is 18.5 Å². The molecule has 2 atom stereocenters. The van der Waals surface area contributed by atoms with Gasteiger partial charge in [-0.1, -0.05) is 0 Å². The van der Waals surface area contributed by atoms with Crippen LogP contribution in [0.15, 0.2) is 18.5 Å². The van der Waals surface area contributed by atoms with Gasteiger partial charge in [-0.2, -0.15) is 0 Å². The lowest BCUT2D eigenvalue weighted by Crippen LogP contribution is -2.52. The fraction of sp³-hybridized carbons (Fsp3) is 0.625. The van der Waals surface area contributed by atoms with Gasteiger partial charge in [0.15, 0.2) is 0 Å². The molecule has 1 aromatic rings. The van der Waals surface area contributed by atoms with Gasteiger partial charge in [0, 0.05) is 25.2 Å². The van der Waals surface area contributed by atoms with E-state index in [2.05, 4.69) is 10.3 Å². The molecular formula is C16H25FN4O2. The van der Waals surface area contributed by atoms with E-state index in [0.717, 1.165) is 5.69 Å². The van der Waals surface area contributed by atoms with Crippen LogP contribution in [-0.2, 0) is 4.74 Å². The molecule has 1 saturated heterocycles. The predicted octanol–water partition coefficient (Wildman–Crippen LogP) is 2.35. The van der Waals surface area contributed by atoms with E-state index in [9.17, 15) is 9.18 Å². The maximum atomic E-state index is 13.2. The molecule has 0 spiro atoms. The Morgan fingerprint density at radius 2 is 2.26 bits per heavy atom. The summed E-state index contributed by atoms with van der Waals surface area (Å²) in [5, 5.41) is 2.83. The molecule has 6 nitrogen and oxygen atoms in total. The number of halogens is 1. The van der Waals surface area contributed by atoms with Crippen LogP contribution in [0.1, 0.15) is 27.2 Å². The van der Waals surface area contributed by atoms with Crippen molar-refractivity contribution in [3.63, 3.8) is 0 Å². The summed E-state index contributed by atoms with van der Waals surface area (Å²) in [5.74, 6) is -0.156. The fourth-order valence-corrected chi connectivity index (χ4v) is 2.78. The van der Waals surface area contributed by atoms with Gasteiger partial charge in [0.2, 0.25) is 0 Å². The smallest absolute Gasteiger partial charge is 0.407 e. The van der Waals surface area contributed by atoms with Crippen molar-refractivity contribution in [3.8, 4) is 0 Å². The summed E-state index contributed by atoms with van der Waals surface area (Å²) in [4.78, 5) is 17.9. The Hall–Kier alpha value is -2.05. The minimum atomic E-state index is -0.562. The van der Waals surface area contributed by atoms with Gasteiger partial charge in [0.1, 0.15) is 5.60 Å². The average Bonchev–Trinajstić information content (AvgIpc) is 2.45. The molecule has 1 aromatic heterocycles. The molecule has 0 radical (unpaired) electrons. The zero-order valence-corrected chi connectivity index (χ0v) is 13.9. The number of nitrogens with zero attached hydrogens (tertiary/aromatic N) is 2. The van der Waals surface area contributed by atoms with Gasteiger partial charge in [0.05, 0.1) is 30.3 Å². The van der Waals surface area contributed by atoms with Crippen LogP contribution in [0.25, 0.3) is 0 Å². The standard InChI is InChI=1S/C16H25FN4O2/c1-16(2,3)23-15(22)20-12-6-11(7-17)9-21(10-12)14-4-5-19-8-13(14)18/h4-5,8,11-12H,6-7,9-10,18H2,1-3H3,(H,20,22)/t11-,12-/m0/s1. The van der Waals surface area contributed by atoms with Crippen LogP contribution < -0.4 is 16.0 Å². The van der Waals surface area contributed by atoms with Crippen molar-refractivity contribution in [1.29, 1.82) is 0 Å². The largest absolute Gasteiger partial charge is 0.444 e. The first kappa shape index (κ1) is 17.3. The number of alkyl carbamates (subject to hydrolysis) is 1. The normalized spacial score (nSPS) is 21.8. The molecule has 128 valence electrons. The molecule has 1 aliphatic rings. The number of anilines is 2. The number of carbonyl (C=O) groups is 1. The molecule has 0 aromatic carbocycles. The molecule has 0 unspecified atom stereocenters. The minimum Gasteiger partial charge on any atom is -0.444 e. The number of rotatable bonds is 3. The van der Waals surface area contributed by atoms with E-state index in [1.165, 1.54) is 0 Å². The third kappa shape index (κ3) is 4.97. The van der Waals surface area contributed by atoms with Crippen LogP contribution in [0.3, 0.4) is 0 Å². The number of nitrogens with one attached hydrogen (secondary N) is 1.